The van der Waals surface area contributed by atoms with E-state index in [2.05, 4.69) is 12.2 Å². The SMILES string of the molecule is CCCCNC(=O)N(N)c1ccc(Cl)cc1. The van der Waals surface area contributed by atoms with E-state index in [0.29, 0.717) is 17.3 Å². The fourth-order valence-corrected chi connectivity index (χ4v) is 1.30. The highest BCUT2D eigenvalue weighted by Gasteiger charge is 2.09. The molecule has 88 valence electrons. The third-order valence-electron chi connectivity index (χ3n) is 2.13. The first kappa shape index (κ1) is 12.8. The number of unbranched alkanes of at least 4 members (excludes halogenated alkanes) is 1. The van der Waals surface area contributed by atoms with Crippen LogP contribution in [0.4, 0.5) is 10.5 Å². The molecule has 0 aliphatic rings. The Bertz CT molecular complexity index is 340. The molecule has 0 radical (unpaired) electrons. The van der Waals surface area contributed by atoms with Gasteiger partial charge in [-0.05, 0) is 30.7 Å². The summed E-state index contributed by atoms with van der Waals surface area (Å²) < 4.78 is 0. The minimum absolute atomic E-state index is 0.309. The van der Waals surface area contributed by atoms with Gasteiger partial charge in [0.25, 0.3) is 0 Å². The van der Waals surface area contributed by atoms with Crippen LogP contribution in [0.5, 0.6) is 0 Å². The lowest BCUT2D eigenvalue weighted by Crippen LogP contribution is -2.45. The third kappa shape index (κ3) is 3.72. The number of benzene rings is 1. The van der Waals surface area contributed by atoms with E-state index in [0.717, 1.165) is 17.9 Å². The summed E-state index contributed by atoms with van der Waals surface area (Å²) in [5.74, 6) is 5.65. The molecule has 1 aromatic rings. The fourth-order valence-electron chi connectivity index (χ4n) is 1.18. The van der Waals surface area contributed by atoms with E-state index in [-0.39, 0.29) is 6.03 Å². The molecule has 2 amide bonds. The van der Waals surface area contributed by atoms with Crippen LogP contribution in [0.1, 0.15) is 19.8 Å². The molecule has 1 rings (SSSR count). The molecule has 1 aromatic carbocycles. The van der Waals surface area contributed by atoms with Crippen LogP contribution in [-0.2, 0) is 0 Å². The summed E-state index contributed by atoms with van der Waals surface area (Å²) in [6.45, 7) is 2.70. The van der Waals surface area contributed by atoms with Crippen LogP contribution in [0.2, 0.25) is 5.02 Å². The highest BCUT2D eigenvalue weighted by molar-refractivity contribution is 6.30. The number of hydrazine groups is 1. The van der Waals surface area contributed by atoms with Crippen LogP contribution >= 0.6 is 11.6 Å². The number of nitrogens with one attached hydrogen (secondary N) is 1. The first-order chi connectivity index (χ1) is 7.65. The lowest BCUT2D eigenvalue weighted by atomic mass is 10.3. The first-order valence-corrected chi connectivity index (χ1v) is 5.61. The fraction of sp³-hybridized carbons (Fsp3) is 0.364. The van der Waals surface area contributed by atoms with Crippen molar-refractivity contribution in [1.82, 2.24) is 5.32 Å². The maximum atomic E-state index is 11.6. The van der Waals surface area contributed by atoms with Crippen molar-refractivity contribution in [2.75, 3.05) is 11.6 Å². The van der Waals surface area contributed by atoms with Crippen LogP contribution < -0.4 is 16.2 Å². The smallest absolute Gasteiger partial charge is 0.336 e. The minimum atomic E-state index is -0.309. The number of carbonyl (C=O) groups excluding carboxylic acids is 1. The van der Waals surface area contributed by atoms with Gasteiger partial charge in [-0.1, -0.05) is 24.9 Å². The molecular weight excluding hydrogens is 226 g/mol. The van der Waals surface area contributed by atoms with Gasteiger partial charge in [-0.15, -0.1) is 0 Å². The summed E-state index contributed by atoms with van der Waals surface area (Å²) in [5, 5.41) is 4.42. The number of amides is 2. The van der Waals surface area contributed by atoms with E-state index in [1.165, 1.54) is 0 Å². The Hall–Kier alpha value is -1.26. The largest absolute Gasteiger partial charge is 0.337 e. The number of rotatable bonds is 4. The monoisotopic (exact) mass is 241 g/mol. The van der Waals surface area contributed by atoms with Gasteiger partial charge in [-0.3, -0.25) is 0 Å². The second kappa shape index (κ2) is 6.35. The maximum absolute atomic E-state index is 11.6. The Balaban J connectivity index is 2.53. The topological polar surface area (TPSA) is 58.4 Å². The molecule has 0 bridgehead atoms. The Labute approximate surface area is 100 Å². The van der Waals surface area contributed by atoms with Gasteiger partial charge in [-0.2, -0.15) is 0 Å². The van der Waals surface area contributed by atoms with Crippen LogP contribution in [-0.4, -0.2) is 12.6 Å². The number of hydrogen-bond acceptors (Lipinski definition) is 2. The maximum Gasteiger partial charge on any atom is 0.336 e. The van der Waals surface area contributed by atoms with Crippen molar-refractivity contribution in [3.8, 4) is 0 Å². The van der Waals surface area contributed by atoms with Crippen LogP contribution in [0.15, 0.2) is 24.3 Å². The quantitative estimate of drug-likeness (QED) is 0.368. The molecule has 0 unspecified atom stereocenters. The van der Waals surface area contributed by atoms with E-state index in [9.17, 15) is 4.79 Å². The zero-order valence-electron chi connectivity index (χ0n) is 9.24. The average molecular weight is 242 g/mol. The van der Waals surface area contributed by atoms with Crippen LogP contribution in [0.3, 0.4) is 0 Å². The van der Waals surface area contributed by atoms with E-state index < -0.39 is 0 Å². The van der Waals surface area contributed by atoms with Gasteiger partial charge in [0, 0.05) is 11.6 Å². The Morgan fingerprint density at radius 1 is 1.44 bits per heavy atom. The van der Waals surface area contributed by atoms with E-state index >= 15 is 0 Å². The number of anilines is 1. The summed E-state index contributed by atoms with van der Waals surface area (Å²) in [6, 6.07) is 6.46. The van der Waals surface area contributed by atoms with Crippen molar-refractivity contribution in [3.63, 3.8) is 0 Å². The van der Waals surface area contributed by atoms with Crippen molar-refractivity contribution in [3.05, 3.63) is 29.3 Å². The number of halogens is 1. The Morgan fingerprint density at radius 3 is 2.62 bits per heavy atom. The van der Waals surface area contributed by atoms with Crippen molar-refractivity contribution in [2.24, 2.45) is 5.84 Å². The van der Waals surface area contributed by atoms with Crippen LogP contribution in [0.25, 0.3) is 0 Å². The predicted octanol–water partition coefficient (Wildman–Crippen LogP) is 2.53. The van der Waals surface area contributed by atoms with Gasteiger partial charge >= 0.3 is 6.03 Å². The molecule has 0 spiro atoms. The van der Waals surface area contributed by atoms with Crippen molar-refractivity contribution in [2.45, 2.75) is 19.8 Å². The third-order valence-corrected chi connectivity index (χ3v) is 2.38. The normalized spacial score (nSPS) is 9.94. The van der Waals surface area contributed by atoms with Crippen LogP contribution in [0, 0.1) is 0 Å². The summed E-state index contributed by atoms with van der Waals surface area (Å²) in [5.41, 5.74) is 0.610. The molecule has 0 saturated heterocycles. The Kier molecular flexibility index (Phi) is 5.08. The number of carbonyl (C=O) groups is 1. The number of urea groups is 1. The first-order valence-electron chi connectivity index (χ1n) is 5.23. The van der Waals surface area contributed by atoms with E-state index in [1.54, 1.807) is 24.3 Å². The second-order valence-electron chi connectivity index (χ2n) is 3.43. The van der Waals surface area contributed by atoms with Gasteiger partial charge in [0.1, 0.15) is 0 Å². The molecule has 3 N–H and O–H groups in total. The van der Waals surface area contributed by atoms with Gasteiger partial charge in [-0.25, -0.2) is 15.6 Å². The summed E-state index contributed by atoms with van der Waals surface area (Å²) in [7, 11) is 0. The standard InChI is InChI=1S/C11H16ClN3O/c1-2-3-8-14-11(16)15(13)10-6-4-9(12)5-7-10/h4-7H,2-3,8,13H2,1H3,(H,14,16). The van der Waals surface area contributed by atoms with Crippen molar-refractivity contribution in [1.29, 1.82) is 0 Å². The molecule has 0 aliphatic carbocycles. The molecule has 0 saturated carbocycles. The molecule has 0 aromatic heterocycles. The molecule has 0 atom stereocenters. The molecule has 16 heavy (non-hydrogen) atoms. The number of hydrogen-bond donors (Lipinski definition) is 2. The lowest BCUT2D eigenvalue weighted by molar-refractivity contribution is 0.246. The highest BCUT2D eigenvalue weighted by atomic mass is 35.5. The molecule has 5 heteroatoms. The van der Waals surface area contributed by atoms with Crippen molar-refractivity contribution >= 4 is 23.3 Å². The molecule has 0 heterocycles. The van der Waals surface area contributed by atoms with E-state index in [4.69, 9.17) is 17.4 Å². The van der Waals surface area contributed by atoms with Gasteiger partial charge in [0.15, 0.2) is 0 Å². The molecule has 0 aliphatic heterocycles. The Morgan fingerprint density at radius 2 is 2.06 bits per heavy atom. The lowest BCUT2D eigenvalue weighted by Gasteiger charge is -2.17. The number of nitrogens with zero attached hydrogens (tertiary/aromatic N) is 1. The summed E-state index contributed by atoms with van der Waals surface area (Å²) >= 11 is 5.74. The minimum Gasteiger partial charge on any atom is -0.337 e. The average Bonchev–Trinajstić information content (AvgIpc) is 2.29. The molecule has 4 nitrogen and oxygen atoms in total. The second-order valence-corrected chi connectivity index (χ2v) is 3.87. The van der Waals surface area contributed by atoms with Gasteiger partial charge < -0.3 is 5.32 Å². The summed E-state index contributed by atoms with van der Waals surface area (Å²) in [6.07, 6.45) is 1.98. The summed E-state index contributed by atoms with van der Waals surface area (Å²) in [4.78, 5) is 11.6. The van der Waals surface area contributed by atoms with Gasteiger partial charge in [0.05, 0.1) is 5.69 Å². The zero-order valence-corrected chi connectivity index (χ0v) is 10.00. The molecule has 0 fully saturated rings. The van der Waals surface area contributed by atoms with E-state index in [1.807, 2.05) is 0 Å². The molecular formula is C11H16ClN3O. The highest BCUT2D eigenvalue weighted by Crippen LogP contribution is 2.15. The predicted molar refractivity (Wildman–Crippen MR) is 66.4 cm³/mol. The van der Waals surface area contributed by atoms with Gasteiger partial charge in [0.2, 0.25) is 0 Å². The number of nitrogens with two attached hydrogens (primary N) is 1. The van der Waals surface area contributed by atoms with Crippen molar-refractivity contribution < 1.29 is 4.79 Å². The zero-order chi connectivity index (χ0) is 12.0.